The topological polar surface area (TPSA) is 84.9 Å². The number of fused-ring (bicyclic) bond motifs is 1. The van der Waals surface area contributed by atoms with Crippen molar-refractivity contribution in [2.24, 2.45) is 0 Å². The van der Waals surface area contributed by atoms with Crippen molar-refractivity contribution in [3.63, 3.8) is 0 Å². The van der Waals surface area contributed by atoms with Gasteiger partial charge in [0, 0.05) is 43.4 Å². The number of hydrogen-bond donors (Lipinski definition) is 0. The van der Waals surface area contributed by atoms with Crippen LogP contribution in [0.15, 0.2) is 23.5 Å². The molecule has 1 aromatic carbocycles. The standard InChI is InChI=1S/C20H26N4O4S/c1-20(2,3)28-19(26)24-10-8-23(9-11-24)15-7-6-13(17(25)27-4)16-14(15)12-21-18(22-16)29-5/h6-7,12H,8-11H2,1-5H3. The molecule has 0 saturated carbocycles. The molecule has 0 bridgehead atoms. The molecule has 1 amide bonds. The number of thioether (sulfide) groups is 1. The third-order valence-corrected chi connectivity index (χ3v) is 5.13. The number of amides is 1. The summed E-state index contributed by atoms with van der Waals surface area (Å²) in [6.45, 7) is 7.99. The molecule has 0 atom stereocenters. The van der Waals surface area contributed by atoms with Gasteiger partial charge in [-0.3, -0.25) is 0 Å². The van der Waals surface area contributed by atoms with Gasteiger partial charge in [0.05, 0.1) is 18.2 Å². The van der Waals surface area contributed by atoms with Crippen molar-refractivity contribution < 1.29 is 19.1 Å². The van der Waals surface area contributed by atoms with E-state index in [9.17, 15) is 9.59 Å². The van der Waals surface area contributed by atoms with Gasteiger partial charge in [-0.15, -0.1) is 0 Å². The molecular formula is C20H26N4O4S. The maximum Gasteiger partial charge on any atom is 0.410 e. The number of carbonyl (C=O) groups excluding carboxylic acids is 2. The summed E-state index contributed by atoms with van der Waals surface area (Å²) in [7, 11) is 1.36. The molecule has 0 N–H and O–H groups in total. The van der Waals surface area contributed by atoms with E-state index in [-0.39, 0.29) is 6.09 Å². The van der Waals surface area contributed by atoms with E-state index in [0.717, 1.165) is 11.1 Å². The molecule has 8 nitrogen and oxygen atoms in total. The highest BCUT2D eigenvalue weighted by atomic mass is 32.2. The summed E-state index contributed by atoms with van der Waals surface area (Å²) in [6.07, 6.45) is 3.34. The van der Waals surface area contributed by atoms with E-state index in [0.29, 0.717) is 42.4 Å². The number of esters is 1. The number of aromatic nitrogens is 2. The molecule has 3 rings (SSSR count). The zero-order valence-corrected chi connectivity index (χ0v) is 18.2. The average Bonchev–Trinajstić information content (AvgIpc) is 2.70. The molecule has 9 heteroatoms. The molecule has 1 aliphatic rings. The number of piperazine rings is 1. The van der Waals surface area contributed by atoms with Gasteiger partial charge in [0.25, 0.3) is 0 Å². The fourth-order valence-corrected chi connectivity index (χ4v) is 3.54. The normalized spacial score (nSPS) is 14.8. The highest BCUT2D eigenvalue weighted by molar-refractivity contribution is 7.98. The molecule has 0 aliphatic carbocycles. The van der Waals surface area contributed by atoms with Gasteiger partial charge in [-0.2, -0.15) is 0 Å². The lowest BCUT2D eigenvalue weighted by Crippen LogP contribution is -2.50. The minimum absolute atomic E-state index is 0.295. The zero-order chi connectivity index (χ0) is 21.2. The quantitative estimate of drug-likeness (QED) is 0.427. The maximum absolute atomic E-state index is 12.3. The molecule has 0 radical (unpaired) electrons. The Morgan fingerprint density at radius 3 is 2.41 bits per heavy atom. The third kappa shape index (κ3) is 4.72. The van der Waals surface area contributed by atoms with Crippen LogP contribution in [-0.4, -0.2) is 72.1 Å². The smallest absolute Gasteiger partial charge is 0.410 e. The molecule has 2 heterocycles. The van der Waals surface area contributed by atoms with Crippen LogP contribution in [0, 0.1) is 0 Å². The molecule has 1 aliphatic heterocycles. The Kier molecular flexibility index (Phi) is 6.16. The van der Waals surface area contributed by atoms with Crippen LogP contribution in [0.25, 0.3) is 10.9 Å². The molecule has 1 aromatic heterocycles. The van der Waals surface area contributed by atoms with Gasteiger partial charge in [-0.1, -0.05) is 11.8 Å². The number of hydrogen-bond acceptors (Lipinski definition) is 8. The van der Waals surface area contributed by atoms with E-state index in [4.69, 9.17) is 9.47 Å². The van der Waals surface area contributed by atoms with Crippen LogP contribution in [0.2, 0.25) is 0 Å². The van der Waals surface area contributed by atoms with E-state index in [1.54, 1.807) is 17.2 Å². The third-order valence-electron chi connectivity index (χ3n) is 4.57. The summed E-state index contributed by atoms with van der Waals surface area (Å²) in [6, 6.07) is 3.63. The van der Waals surface area contributed by atoms with Crippen LogP contribution in [0.1, 0.15) is 31.1 Å². The lowest BCUT2D eigenvalue weighted by Gasteiger charge is -2.37. The second kappa shape index (κ2) is 8.44. The molecule has 0 unspecified atom stereocenters. The first-order valence-electron chi connectivity index (χ1n) is 9.38. The van der Waals surface area contributed by atoms with Crippen LogP contribution in [0.5, 0.6) is 0 Å². The number of carbonyl (C=O) groups is 2. The molecule has 1 saturated heterocycles. The van der Waals surface area contributed by atoms with Gasteiger partial charge < -0.3 is 19.3 Å². The molecule has 29 heavy (non-hydrogen) atoms. The monoisotopic (exact) mass is 418 g/mol. The van der Waals surface area contributed by atoms with Crippen molar-refractivity contribution in [2.45, 2.75) is 31.5 Å². The van der Waals surface area contributed by atoms with Gasteiger partial charge in [0.2, 0.25) is 0 Å². The van der Waals surface area contributed by atoms with Crippen molar-refractivity contribution in [2.75, 3.05) is 44.4 Å². The van der Waals surface area contributed by atoms with Gasteiger partial charge in [0.15, 0.2) is 5.16 Å². The Labute approximate surface area is 174 Å². The van der Waals surface area contributed by atoms with Crippen molar-refractivity contribution in [3.8, 4) is 0 Å². The van der Waals surface area contributed by atoms with Crippen LogP contribution >= 0.6 is 11.8 Å². The first-order valence-corrected chi connectivity index (χ1v) is 10.6. The number of ether oxygens (including phenoxy) is 2. The summed E-state index contributed by atoms with van der Waals surface area (Å²) in [4.78, 5) is 37.3. The lowest BCUT2D eigenvalue weighted by molar-refractivity contribution is 0.0240. The van der Waals surface area contributed by atoms with Crippen LogP contribution in [-0.2, 0) is 9.47 Å². The Morgan fingerprint density at radius 2 is 1.83 bits per heavy atom. The van der Waals surface area contributed by atoms with Crippen molar-refractivity contribution in [1.29, 1.82) is 0 Å². The van der Waals surface area contributed by atoms with E-state index < -0.39 is 11.6 Å². The molecule has 1 fully saturated rings. The predicted molar refractivity (Wildman–Crippen MR) is 113 cm³/mol. The predicted octanol–water partition coefficient (Wildman–Crippen LogP) is 3.20. The van der Waals surface area contributed by atoms with E-state index >= 15 is 0 Å². The van der Waals surface area contributed by atoms with Crippen LogP contribution in [0.4, 0.5) is 10.5 Å². The number of nitrogens with zero attached hydrogens (tertiary/aromatic N) is 4. The summed E-state index contributed by atoms with van der Waals surface area (Å²) >= 11 is 1.41. The molecule has 156 valence electrons. The molecule has 0 spiro atoms. The fourth-order valence-electron chi connectivity index (χ4n) is 3.19. The molecular weight excluding hydrogens is 392 g/mol. The van der Waals surface area contributed by atoms with E-state index in [2.05, 4.69) is 14.9 Å². The first kappa shape index (κ1) is 21.2. The number of methoxy groups -OCH3 is 1. The Hall–Kier alpha value is -2.55. The zero-order valence-electron chi connectivity index (χ0n) is 17.4. The van der Waals surface area contributed by atoms with E-state index in [1.807, 2.05) is 33.1 Å². The van der Waals surface area contributed by atoms with Gasteiger partial charge in [-0.25, -0.2) is 19.6 Å². The fraction of sp³-hybridized carbons (Fsp3) is 0.500. The van der Waals surface area contributed by atoms with Crippen molar-refractivity contribution in [3.05, 3.63) is 23.9 Å². The van der Waals surface area contributed by atoms with Gasteiger partial charge in [-0.05, 0) is 39.2 Å². The van der Waals surface area contributed by atoms with Crippen molar-refractivity contribution in [1.82, 2.24) is 14.9 Å². The van der Waals surface area contributed by atoms with Gasteiger partial charge >= 0.3 is 12.1 Å². The Balaban J connectivity index is 1.86. The SMILES string of the molecule is COC(=O)c1ccc(N2CCN(C(=O)OC(C)(C)C)CC2)c2cnc(SC)nc12. The number of anilines is 1. The van der Waals surface area contributed by atoms with Crippen LogP contribution in [0.3, 0.4) is 0 Å². The summed E-state index contributed by atoms with van der Waals surface area (Å²) < 4.78 is 10.4. The van der Waals surface area contributed by atoms with E-state index in [1.165, 1.54) is 18.9 Å². The second-order valence-electron chi connectivity index (χ2n) is 7.70. The lowest BCUT2D eigenvalue weighted by atomic mass is 10.1. The highest BCUT2D eigenvalue weighted by Gasteiger charge is 2.27. The Bertz CT molecular complexity index is 921. The number of rotatable bonds is 3. The minimum atomic E-state index is -0.513. The maximum atomic E-state index is 12.3. The summed E-state index contributed by atoms with van der Waals surface area (Å²) in [5, 5.41) is 1.38. The second-order valence-corrected chi connectivity index (χ2v) is 8.47. The summed E-state index contributed by atoms with van der Waals surface area (Å²) in [5.41, 5.74) is 1.41. The highest BCUT2D eigenvalue weighted by Crippen LogP contribution is 2.30. The average molecular weight is 419 g/mol. The number of benzene rings is 1. The summed E-state index contributed by atoms with van der Waals surface area (Å²) in [5.74, 6) is -0.429. The minimum Gasteiger partial charge on any atom is -0.465 e. The molecule has 2 aromatic rings. The van der Waals surface area contributed by atoms with Gasteiger partial charge in [0.1, 0.15) is 5.60 Å². The Morgan fingerprint density at radius 1 is 1.14 bits per heavy atom. The van der Waals surface area contributed by atoms with Crippen LogP contribution < -0.4 is 4.90 Å². The first-order chi connectivity index (χ1) is 13.7. The largest absolute Gasteiger partial charge is 0.465 e. The van der Waals surface area contributed by atoms with Crippen molar-refractivity contribution >= 4 is 40.4 Å².